The molecular weight excluding hydrogens is 480 g/mol. The first-order chi connectivity index (χ1) is 17.9. The maximum atomic E-state index is 13.7. The van der Waals surface area contributed by atoms with Crippen LogP contribution in [0.3, 0.4) is 0 Å². The summed E-state index contributed by atoms with van der Waals surface area (Å²) in [6, 6.07) is 10.3. The third-order valence-electron chi connectivity index (χ3n) is 6.58. The van der Waals surface area contributed by atoms with E-state index in [1.54, 1.807) is 38.1 Å². The van der Waals surface area contributed by atoms with Gasteiger partial charge in [0.1, 0.15) is 18.1 Å². The van der Waals surface area contributed by atoms with Gasteiger partial charge in [-0.2, -0.15) is 10.1 Å². The molecule has 5 rings (SSSR count). The highest BCUT2D eigenvalue weighted by atomic mass is 16.5. The number of anilines is 1. The molecule has 2 unspecified atom stereocenters. The van der Waals surface area contributed by atoms with Crippen LogP contribution in [0.15, 0.2) is 54.0 Å². The van der Waals surface area contributed by atoms with Crippen LogP contribution in [-0.2, 0) is 9.59 Å². The van der Waals surface area contributed by atoms with Crippen molar-refractivity contribution in [3.8, 4) is 23.0 Å². The smallest absolute Gasteiger partial charge is 0.341 e. The number of ether oxygens (including phenoxy) is 4. The number of carboxylic acid groups (broad SMARTS) is 1. The van der Waals surface area contributed by atoms with Crippen molar-refractivity contribution in [1.29, 1.82) is 0 Å². The number of rotatable bonds is 8. The Hall–Kier alpha value is -4.54. The maximum absolute atomic E-state index is 13.7. The van der Waals surface area contributed by atoms with E-state index in [9.17, 15) is 9.59 Å². The minimum absolute atomic E-state index is 0.00939. The van der Waals surface area contributed by atoms with E-state index < -0.39 is 18.6 Å². The van der Waals surface area contributed by atoms with Gasteiger partial charge < -0.3 is 29.4 Å². The van der Waals surface area contributed by atoms with Crippen LogP contribution in [0.5, 0.6) is 23.0 Å². The molecule has 0 fully saturated rings. The highest BCUT2D eigenvalue weighted by Crippen LogP contribution is 2.47. The Bertz CT molecular complexity index is 1350. The van der Waals surface area contributed by atoms with Crippen LogP contribution in [0.4, 0.5) is 5.95 Å². The SMILES string of the molecule is COc1cc(C2CC(=O)C3=C(C2)Nc2ncnn2C3c2ccc(OCC(=O)O)cc2)cc(OC)c1OC. The number of Topliss-reactive ketones (excluding diaryl/α,β-unsaturated/α-hetero) is 1. The number of nitrogens with one attached hydrogen (secondary N) is 1. The second kappa shape index (κ2) is 9.84. The molecule has 192 valence electrons. The van der Waals surface area contributed by atoms with E-state index in [0.29, 0.717) is 47.4 Å². The molecular formula is C26H26N4O7. The largest absolute Gasteiger partial charge is 0.493 e. The van der Waals surface area contributed by atoms with Crippen molar-refractivity contribution in [2.75, 3.05) is 33.3 Å². The maximum Gasteiger partial charge on any atom is 0.341 e. The van der Waals surface area contributed by atoms with Crippen molar-refractivity contribution in [3.63, 3.8) is 0 Å². The lowest BCUT2D eigenvalue weighted by Crippen LogP contribution is -2.33. The topological polar surface area (TPSA) is 134 Å². The van der Waals surface area contributed by atoms with Crippen molar-refractivity contribution < 1.29 is 33.6 Å². The van der Waals surface area contributed by atoms with Gasteiger partial charge in [0.15, 0.2) is 23.9 Å². The molecule has 0 spiro atoms. The average molecular weight is 507 g/mol. The van der Waals surface area contributed by atoms with Crippen LogP contribution < -0.4 is 24.3 Å². The van der Waals surface area contributed by atoms with Crippen molar-refractivity contribution in [1.82, 2.24) is 14.8 Å². The number of allylic oxidation sites excluding steroid dienone is 2. The summed E-state index contributed by atoms with van der Waals surface area (Å²) in [4.78, 5) is 28.8. The van der Waals surface area contributed by atoms with Gasteiger partial charge in [-0.1, -0.05) is 12.1 Å². The Morgan fingerprint density at radius 1 is 1.05 bits per heavy atom. The van der Waals surface area contributed by atoms with Crippen LogP contribution in [0.2, 0.25) is 0 Å². The number of benzene rings is 2. The van der Waals surface area contributed by atoms with E-state index in [2.05, 4.69) is 15.4 Å². The van der Waals surface area contributed by atoms with E-state index in [4.69, 9.17) is 24.1 Å². The molecule has 0 saturated carbocycles. The highest BCUT2D eigenvalue weighted by Gasteiger charge is 2.39. The number of nitrogens with zero attached hydrogens (tertiary/aromatic N) is 3. The monoisotopic (exact) mass is 506 g/mol. The molecule has 1 aliphatic heterocycles. The van der Waals surface area contributed by atoms with Gasteiger partial charge in [-0.05, 0) is 47.7 Å². The Kier molecular flexibility index (Phi) is 6.43. The van der Waals surface area contributed by atoms with Gasteiger partial charge in [-0.3, -0.25) is 4.79 Å². The molecule has 2 aliphatic rings. The molecule has 0 amide bonds. The van der Waals surface area contributed by atoms with Gasteiger partial charge in [0.25, 0.3) is 0 Å². The molecule has 11 nitrogen and oxygen atoms in total. The van der Waals surface area contributed by atoms with Gasteiger partial charge in [0, 0.05) is 17.7 Å². The van der Waals surface area contributed by atoms with Gasteiger partial charge in [0.2, 0.25) is 11.7 Å². The van der Waals surface area contributed by atoms with Crippen LogP contribution in [0.1, 0.15) is 35.9 Å². The molecule has 37 heavy (non-hydrogen) atoms. The number of hydrogen-bond donors (Lipinski definition) is 2. The van der Waals surface area contributed by atoms with Crippen LogP contribution in [-0.4, -0.2) is 59.6 Å². The van der Waals surface area contributed by atoms with Crippen LogP contribution >= 0.6 is 0 Å². The number of carbonyl (C=O) groups excluding carboxylic acids is 1. The summed E-state index contributed by atoms with van der Waals surface area (Å²) < 4.78 is 23.4. The summed E-state index contributed by atoms with van der Waals surface area (Å²) >= 11 is 0. The molecule has 2 N–H and O–H groups in total. The van der Waals surface area contributed by atoms with Gasteiger partial charge in [0.05, 0.1) is 21.3 Å². The number of carboxylic acids is 1. The van der Waals surface area contributed by atoms with Crippen molar-refractivity contribution in [3.05, 3.63) is 65.1 Å². The molecule has 2 atom stereocenters. The molecule has 11 heteroatoms. The summed E-state index contributed by atoms with van der Waals surface area (Å²) in [5.74, 6) is 1.33. The lowest BCUT2D eigenvalue weighted by Gasteiger charge is -2.35. The number of aromatic nitrogens is 3. The van der Waals surface area contributed by atoms with Crippen LogP contribution in [0.25, 0.3) is 0 Å². The summed E-state index contributed by atoms with van der Waals surface area (Å²) in [5, 5.41) is 16.5. The number of hydrogen-bond acceptors (Lipinski definition) is 9. The first-order valence-electron chi connectivity index (χ1n) is 11.6. The normalized spacial score (nSPS) is 18.4. The summed E-state index contributed by atoms with van der Waals surface area (Å²) in [7, 11) is 4.67. The highest BCUT2D eigenvalue weighted by molar-refractivity contribution is 6.00. The fourth-order valence-corrected chi connectivity index (χ4v) is 4.92. The zero-order chi connectivity index (χ0) is 26.1. The summed E-state index contributed by atoms with van der Waals surface area (Å²) in [5.41, 5.74) is 3.12. The third kappa shape index (κ3) is 4.44. The average Bonchev–Trinajstić information content (AvgIpc) is 3.38. The number of methoxy groups -OCH3 is 3. The lowest BCUT2D eigenvalue weighted by atomic mass is 9.77. The Balaban J connectivity index is 1.50. The van der Waals surface area contributed by atoms with Crippen LogP contribution in [0, 0.1) is 0 Å². The molecule has 0 radical (unpaired) electrons. The number of ketones is 1. The Morgan fingerprint density at radius 3 is 2.38 bits per heavy atom. The summed E-state index contributed by atoms with van der Waals surface area (Å²) in [6.07, 6.45) is 2.31. The van der Waals surface area contributed by atoms with E-state index in [1.807, 2.05) is 24.3 Å². The lowest BCUT2D eigenvalue weighted by molar-refractivity contribution is -0.139. The number of aliphatic carboxylic acids is 1. The first-order valence-corrected chi connectivity index (χ1v) is 11.6. The van der Waals surface area contributed by atoms with Gasteiger partial charge in [-0.25, -0.2) is 9.48 Å². The fraction of sp³-hybridized carbons (Fsp3) is 0.308. The Labute approximate surface area is 212 Å². The molecule has 0 saturated heterocycles. The minimum Gasteiger partial charge on any atom is -0.493 e. The van der Waals surface area contributed by atoms with Gasteiger partial charge in [-0.15, -0.1) is 0 Å². The van der Waals surface area contributed by atoms with Crippen molar-refractivity contribution in [2.24, 2.45) is 0 Å². The second-order valence-electron chi connectivity index (χ2n) is 8.69. The molecule has 1 aliphatic carbocycles. The van der Waals surface area contributed by atoms with E-state index in [1.165, 1.54) is 6.33 Å². The fourth-order valence-electron chi connectivity index (χ4n) is 4.92. The zero-order valence-corrected chi connectivity index (χ0v) is 20.6. The molecule has 2 heterocycles. The van der Waals surface area contributed by atoms with Crippen molar-refractivity contribution >= 4 is 17.7 Å². The second-order valence-corrected chi connectivity index (χ2v) is 8.69. The predicted molar refractivity (Wildman–Crippen MR) is 131 cm³/mol. The molecule has 2 aromatic carbocycles. The van der Waals surface area contributed by atoms with E-state index in [-0.39, 0.29) is 11.7 Å². The standard InChI is InChI=1S/C26H26N4O7/c1-34-20-10-16(11-21(35-2)25(20)36-3)15-8-18-23(19(31)9-15)24(30-26(29-18)27-13-28-30)14-4-6-17(7-5-14)37-12-22(32)33/h4-7,10-11,13,15,24H,8-9,12H2,1-3H3,(H,32,33)(H,27,28,29). The summed E-state index contributed by atoms with van der Waals surface area (Å²) in [6.45, 7) is -0.434. The van der Waals surface area contributed by atoms with E-state index in [0.717, 1.165) is 16.8 Å². The number of fused-ring (bicyclic) bond motifs is 1. The zero-order valence-electron chi connectivity index (χ0n) is 20.6. The van der Waals surface area contributed by atoms with E-state index >= 15 is 0 Å². The quantitative estimate of drug-likeness (QED) is 0.469. The molecule has 0 bridgehead atoms. The molecule has 3 aromatic rings. The third-order valence-corrected chi connectivity index (χ3v) is 6.58. The predicted octanol–water partition coefficient (Wildman–Crippen LogP) is 3.18. The van der Waals surface area contributed by atoms with Crippen molar-refractivity contribution in [2.45, 2.75) is 24.8 Å². The minimum atomic E-state index is -1.06. The van der Waals surface area contributed by atoms with Gasteiger partial charge >= 0.3 is 5.97 Å². The Morgan fingerprint density at radius 2 is 1.76 bits per heavy atom. The number of carbonyl (C=O) groups is 2. The first kappa shape index (κ1) is 24.2. The molecule has 1 aromatic heterocycles.